The highest BCUT2D eigenvalue weighted by Gasteiger charge is 2.49. The SMILES string of the molecule is Cc1cccc(N2C[C@H](C(=O)N3CCC4(CC3)NC(=O)NC4=O)CC2=O)c1C. The lowest BCUT2D eigenvalue weighted by Gasteiger charge is -2.37. The van der Waals surface area contributed by atoms with Gasteiger partial charge in [-0.05, 0) is 43.9 Å². The molecule has 2 N–H and O–H groups in total. The van der Waals surface area contributed by atoms with E-state index >= 15 is 0 Å². The Morgan fingerprint density at radius 2 is 1.86 bits per heavy atom. The first-order chi connectivity index (χ1) is 13.3. The molecule has 0 radical (unpaired) electrons. The molecule has 1 aromatic carbocycles. The summed E-state index contributed by atoms with van der Waals surface area (Å²) in [5.74, 6) is -0.793. The molecule has 3 heterocycles. The maximum Gasteiger partial charge on any atom is 0.322 e. The summed E-state index contributed by atoms with van der Waals surface area (Å²) in [6, 6.07) is 5.36. The van der Waals surface area contributed by atoms with Crippen LogP contribution in [0.1, 0.15) is 30.4 Å². The summed E-state index contributed by atoms with van der Waals surface area (Å²) < 4.78 is 0. The number of hydrogen-bond donors (Lipinski definition) is 2. The molecule has 1 spiro atoms. The van der Waals surface area contributed by atoms with Gasteiger partial charge in [0.15, 0.2) is 0 Å². The van der Waals surface area contributed by atoms with Crippen molar-refractivity contribution in [3.63, 3.8) is 0 Å². The number of urea groups is 1. The number of nitrogens with zero attached hydrogens (tertiary/aromatic N) is 2. The monoisotopic (exact) mass is 384 g/mol. The average Bonchev–Trinajstić information content (AvgIpc) is 3.17. The zero-order chi connectivity index (χ0) is 20.1. The van der Waals surface area contributed by atoms with E-state index in [1.54, 1.807) is 9.80 Å². The smallest absolute Gasteiger partial charge is 0.322 e. The second kappa shape index (κ2) is 6.61. The van der Waals surface area contributed by atoms with E-state index in [4.69, 9.17) is 0 Å². The lowest BCUT2D eigenvalue weighted by molar-refractivity contribution is -0.139. The van der Waals surface area contributed by atoms with Crippen molar-refractivity contribution >= 4 is 29.4 Å². The number of imide groups is 1. The number of hydrogen-bond acceptors (Lipinski definition) is 4. The van der Waals surface area contributed by atoms with Gasteiger partial charge in [0, 0.05) is 31.7 Å². The molecular formula is C20H24N4O4. The van der Waals surface area contributed by atoms with Crippen LogP contribution in [0, 0.1) is 19.8 Å². The fourth-order valence-electron chi connectivity index (χ4n) is 4.38. The van der Waals surface area contributed by atoms with E-state index in [9.17, 15) is 19.2 Å². The van der Waals surface area contributed by atoms with Crippen molar-refractivity contribution in [3.05, 3.63) is 29.3 Å². The number of carbonyl (C=O) groups excluding carboxylic acids is 4. The Hall–Kier alpha value is -2.90. The van der Waals surface area contributed by atoms with Crippen molar-refractivity contribution in [2.45, 2.75) is 38.6 Å². The number of amides is 5. The van der Waals surface area contributed by atoms with Crippen LogP contribution in [0.2, 0.25) is 0 Å². The van der Waals surface area contributed by atoms with Crippen molar-refractivity contribution in [2.24, 2.45) is 5.92 Å². The van der Waals surface area contributed by atoms with E-state index in [2.05, 4.69) is 10.6 Å². The number of piperidine rings is 1. The predicted octanol–water partition coefficient (Wildman–Crippen LogP) is 0.857. The third-order valence-electron chi connectivity index (χ3n) is 6.28. The molecule has 3 aliphatic heterocycles. The van der Waals surface area contributed by atoms with Gasteiger partial charge in [-0.3, -0.25) is 19.7 Å². The van der Waals surface area contributed by atoms with Gasteiger partial charge in [-0.15, -0.1) is 0 Å². The highest BCUT2D eigenvalue weighted by Crippen LogP contribution is 2.32. The molecular weight excluding hydrogens is 360 g/mol. The quantitative estimate of drug-likeness (QED) is 0.739. The first-order valence-electron chi connectivity index (χ1n) is 9.60. The zero-order valence-corrected chi connectivity index (χ0v) is 16.1. The molecule has 0 saturated carbocycles. The van der Waals surface area contributed by atoms with Gasteiger partial charge in [0.05, 0.1) is 5.92 Å². The second-order valence-corrected chi connectivity index (χ2v) is 7.94. The third kappa shape index (κ3) is 2.93. The highest BCUT2D eigenvalue weighted by atomic mass is 16.2. The van der Waals surface area contributed by atoms with Crippen LogP contribution in [0.25, 0.3) is 0 Å². The lowest BCUT2D eigenvalue weighted by atomic mass is 9.87. The minimum absolute atomic E-state index is 0.0389. The Labute approximate surface area is 163 Å². The molecule has 5 amide bonds. The topological polar surface area (TPSA) is 98.8 Å². The average molecular weight is 384 g/mol. The summed E-state index contributed by atoms with van der Waals surface area (Å²) in [6.07, 6.45) is 0.973. The van der Waals surface area contributed by atoms with Crippen LogP contribution in [0.4, 0.5) is 10.5 Å². The Morgan fingerprint density at radius 1 is 1.14 bits per heavy atom. The third-order valence-corrected chi connectivity index (χ3v) is 6.28. The molecule has 0 unspecified atom stereocenters. The molecule has 3 saturated heterocycles. The van der Waals surface area contributed by atoms with Gasteiger partial charge in [0.25, 0.3) is 5.91 Å². The molecule has 8 heteroatoms. The van der Waals surface area contributed by atoms with Gasteiger partial charge in [-0.25, -0.2) is 4.79 Å². The van der Waals surface area contributed by atoms with E-state index in [0.29, 0.717) is 32.5 Å². The maximum absolute atomic E-state index is 13.0. The van der Waals surface area contributed by atoms with Crippen LogP contribution >= 0.6 is 0 Å². The number of rotatable bonds is 2. The highest BCUT2D eigenvalue weighted by molar-refractivity contribution is 6.07. The number of likely N-dealkylation sites (tertiary alicyclic amines) is 1. The molecule has 4 rings (SSSR count). The minimum Gasteiger partial charge on any atom is -0.342 e. The molecule has 8 nitrogen and oxygen atoms in total. The maximum atomic E-state index is 13.0. The summed E-state index contributed by atoms with van der Waals surface area (Å²) in [5.41, 5.74) is 2.12. The number of carbonyl (C=O) groups is 4. The van der Waals surface area contributed by atoms with Gasteiger partial charge < -0.3 is 15.1 Å². The van der Waals surface area contributed by atoms with Crippen molar-refractivity contribution in [1.29, 1.82) is 0 Å². The molecule has 148 valence electrons. The molecule has 1 aromatic rings. The Bertz CT molecular complexity index is 873. The summed E-state index contributed by atoms with van der Waals surface area (Å²) >= 11 is 0. The summed E-state index contributed by atoms with van der Waals surface area (Å²) in [5, 5.41) is 4.97. The first-order valence-corrected chi connectivity index (χ1v) is 9.60. The lowest BCUT2D eigenvalue weighted by Crippen LogP contribution is -2.56. The van der Waals surface area contributed by atoms with Crippen molar-refractivity contribution in [3.8, 4) is 0 Å². The standard InChI is InChI=1S/C20H24N4O4/c1-12-4-3-5-15(13(12)2)24-11-14(10-16(24)25)17(26)23-8-6-20(7-9-23)18(27)21-19(28)22-20/h3-5,14H,6-11H2,1-2H3,(H2,21,22,27,28)/t14-/m1/s1. The van der Waals surface area contributed by atoms with Crippen LogP contribution in [0.15, 0.2) is 18.2 Å². The van der Waals surface area contributed by atoms with E-state index in [0.717, 1.165) is 16.8 Å². The van der Waals surface area contributed by atoms with Gasteiger partial charge >= 0.3 is 6.03 Å². The predicted molar refractivity (Wildman–Crippen MR) is 102 cm³/mol. The number of aryl methyl sites for hydroxylation is 1. The van der Waals surface area contributed by atoms with Crippen LogP contribution in [0.5, 0.6) is 0 Å². The first kappa shape index (κ1) is 18.5. The Kier molecular flexibility index (Phi) is 4.36. The summed E-state index contributed by atoms with van der Waals surface area (Å²) in [7, 11) is 0. The fraction of sp³-hybridized carbons (Fsp3) is 0.500. The van der Waals surface area contributed by atoms with Gasteiger partial charge in [0.1, 0.15) is 5.54 Å². The summed E-state index contributed by atoms with van der Waals surface area (Å²) in [6.45, 7) is 5.14. The molecule has 3 fully saturated rings. The minimum atomic E-state index is -0.899. The number of benzene rings is 1. The Morgan fingerprint density at radius 3 is 2.50 bits per heavy atom. The van der Waals surface area contributed by atoms with Crippen molar-refractivity contribution < 1.29 is 19.2 Å². The van der Waals surface area contributed by atoms with Crippen molar-refractivity contribution in [2.75, 3.05) is 24.5 Å². The van der Waals surface area contributed by atoms with Crippen LogP contribution in [-0.2, 0) is 14.4 Å². The summed E-state index contributed by atoms with van der Waals surface area (Å²) in [4.78, 5) is 52.5. The van der Waals surface area contributed by atoms with E-state index in [-0.39, 0.29) is 30.1 Å². The molecule has 3 aliphatic rings. The molecule has 0 bridgehead atoms. The largest absolute Gasteiger partial charge is 0.342 e. The molecule has 0 aromatic heterocycles. The Balaban J connectivity index is 1.43. The van der Waals surface area contributed by atoms with Crippen LogP contribution < -0.4 is 15.5 Å². The van der Waals surface area contributed by atoms with E-state index < -0.39 is 11.6 Å². The van der Waals surface area contributed by atoms with Gasteiger partial charge in [-0.1, -0.05) is 12.1 Å². The molecule has 1 atom stereocenters. The second-order valence-electron chi connectivity index (χ2n) is 7.94. The van der Waals surface area contributed by atoms with E-state index in [1.807, 2.05) is 32.0 Å². The van der Waals surface area contributed by atoms with Crippen LogP contribution in [-0.4, -0.2) is 53.8 Å². The van der Waals surface area contributed by atoms with Crippen LogP contribution in [0.3, 0.4) is 0 Å². The van der Waals surface area contributed by atoms with Gasteiger partial charge in [0.2, 0.25) is 11.8 Å². The fourth-order valence-corrected chi connectivity index (χ4v) is 4.38. The number of nitrogens with one attached hydrogen (secondary N) is 2. The number of anilines is 1. The molecule has 28 heavy (non-hydrogen) atoms. The molecule has 0 aliphatic carbocycles. The van der Waals surface area contributed by atoms with Crippen molar-refractivity contribution in [1.82, 2.24) is 15.5 Å². The van der Waals surface area contributed by atoms with E-state index in [1.165, 1.54) is 0 Å². The zero-order valence-electron chi connectivity index (χ0n) is 16.1. The normalized spacial score (nSPS) is 23.9. The van der Waals surface area contributed by atoms with Gasteiger partial charge in [-0.2, -0.15) is 0 Å².